The predicted molar refractivity (Wildman–Crippen MR) is 132 cm³/mol. The van der Waals surface area contributed by atoms with Crippen molar-refractivity contribution >= 4 is 27.8 Å². The molecular formula is C27H31N5O. The van der Waals surface area contributed by atoms with Gasteiger partial charge in [0.15, 0.2) is 5.82 Å². The van der Waals surface area contributed by atoms with Gasteiger partial charge in [0, 0.05) is 49.2 Å². The van der Waals surface area contributed by atoms with Crippen LogP contribution in [0.2, 0.25) is 0 Å². The van der Waals surface area contributed by atoms with Crippen LogP contribution in [0.1, 0.15) is 42.1 Å². The number of para-hydroxylation sites is 1. The van der Waals surface area contributed by atoms with Crippen molar-refractivity contribution in [1.29, 1.82) is 0 Å². The largest absolute Gasteiger partial charge is 0.338 e. The highest BCUT2D eigenvalue weighted by molar-refractivity contribution is 6.00. The summed E-state index contributed by atoms with van der Waals surface area (Å²) >= 11 is 0. The van der Waals surface area contributed by atoms with Crippen LogP contribution >= 0.6 is 0 Å². The summed E-state index contributed by atoms with van der Waals surface area (Å²) < 4.78 is 4.63. The third kappa shape index (κ3) is 3.53. The van der Waals surface area contributed by atoms with E-state index in [2.05, 4.69) is 52.6 Å². The average Bonchev–Trinajstić information content (AvgIpc) is 3.48. The molecule has 1 atom stereocenters. The van der Waals surface area contributed by atoms with E-state index in [1.165, 1.54) is 30.2 Å². The minimum atomic E-state index is -0.0294. The maximum atomic E-state index is 13.1. The van der Waals surface area contributed by atoms with Crippen molar-refractivity contribution in [1.82, 2.24) is 19.0 Å². The standard InChI is InChI=1S/C27H31N5O/c1-17(28)16-31-11-10-19-13-24-22(15-21(19)27(31)33)29-26(30(24)2)25-14-20-5-3-4-6-23(20)32(25)12-9-18-7-8-18/h3-6,13-15,17-18H,7-12,16,28H2,1-2H3/t17-/m1/s1. The fraction of sp³-hybridized carbons (Fsp3) is 0.407. The number of hydrogen-bond donors (Lipinski definition) is 1. The van der Waals surface area contributed by atoms with E-state index in [0.29, 0.717) is 6.54 Å². The lowest BCUT2D eigenvalue weighted by atomic mass is 9.97. The molecule has 170 valence electrons. The lowest BCUT2D eigenvalue weighted by Gasteiger charge is -2.29. The van der Waals surface area contributed by atoms with Crippen molar-refractivity contribution in [3.8, 4) is 11.5 Å². The monoisotopic (exact) mass is 441 g/mol. The number of benzene rings is 2. The second-order valence-corrected chi connectivity index (χ2v) is 9.94. The number of rotatable bonds is 6. The van der Waals surface area contributed by atoms with Crippen LogP contribution in [0.4, 0.5) is 0 Å². The van der Waals surface area contributed by atoms with E-state index in [1.54, 1.807) is 0 Å². The normalized spacial score (nSPS) is 17.2. The summed E-state index contributed by atoms with van der Waals surface area (Å²) in [6, 6.07) is 15.0. The SMILES string of the molecule is C[C@@H](N)CN1CCc2cc3c(cc2C1=O)nc(-c1cc2ccccc2n1CCC1CC1)n3C. The van der Waals surface area contributed by atoms with Crippen LogP contribution in [-0.2, 0) is 20.0 Å². The number of nitrogens with two attached hydrogens (primary N) is 1. The Bertz CT molecular complexity index is 1370. The number of imidazole rings is 1. The quantitative estimate of drug-likeness (QED) is 0.484. The van der Waals surface area contributed by atoms with E-state index in [0.717, 1.165) is 59.1 Å². The molecule has 4 aromatic rings. The van der Waals surface area contributed by atoms with Gasteiger partial charge in [-0.15, -0.1) is 0 Å². The van der Waals surface area contributed by atoms with Crippen LogP contribution in [0.25, 0.3) is 33.5 Å². The molecule has 1 amide bonds. The first-order valence-corrected chi connectivity index (χ1v) is 12.1. The van der Waals surface area contributed by atoms with Gasteiger partial charge >= 0.3 is 0 Å². The Morgan fingerprint density at radius 2 is 1.97 bits per heavy atom. The molecule has 0 radical (unpaired) electrons. The van der Waals surface area contributed by atoms with Gasteiger partial charge in [-0.2, -0.15) is 0 Å². The van der Waals surface area contributed by atoms with E-state index in [1.807, 2.05) is 17.9 Å². The smallest absolute Gasteiger partial charge is 0.254 e. The number of aryl methyl sites for hydroxylation is 2. The highest BCUT2D eigenvalue weighted by Crippen LogP contribution is 2.36. The highest BCUT2D eigenvalue weighted by Gasteiger charge is 2.27. The number of carbonyl (C=O) groups is 1. The third-order valence-electron chi connectivity index (χ3n) is 7.28. The molecule has 2 aliphatic rings. The van der Waals surface area contributed by atoms with E-state index in [-0.39, 0.29) is 11.9 Å². The van der Waals surface area contributed by atoms with E-state index in [4.69, 9.17) is 10.7 Å². The van der Waals surface area contributed by atoms with Crippen molar-refractivity contribution in [2.45, 2.75) is 45.2 Å². The lowest BCUT2D eigenvalue weighted by molar-refractivity contribution is 0.0732. The van der Waals surface area contributed by atoms with E-state index >= 15 is 0 Å². The molecule has 33 heavy (non-hydrogen) atoms. The van der Waals surface area contributed by atoms with Gasteiger partial charge < -0.3 is 19.8 Å². The van der Waals surface area contributed by atoms with Gasteiger partial charge in [0.25, 0.3) is 5.91 Å². The van der Waals surface area contributed by atoms with Gasteiger partial charge in [0.1, 0.15) is 0 Å². The summed E-state index contributed by atoms with van der Waals surface area (Å²) in [6.07, 6.45) is 4.79. The minimum Gasteiger partial charge on any atom is -0.338 e. The highest BCUT2D eigenvalue weighted by atomic mass is 16.2. The molecular weight excluding hydrogens is 410 g/mol. The number of carbonyl (C=O) groups excluding carboxylic acids is 1. The number of fused-ring (bicyclic) bond motifs is 3. The van der Waals surface area contributed by atoms with E-state index < -0.39 is 0 Å². The Balaban J connectivity index is 1.45. The van der Waals surface area contributed by atoms with Crippen molar-refractivity contribution in [2.24, 2.45) is 18.7 Å². The summed E-state index contributed by atoms with van der Waals surface area (Å²) in [7, 11) is 2.09. The Labute approximate surface area is 194 Å². The van der Waals surface area contributed by atoms with Gasteiger partial charge in [-0.25, -0.2) is 4.98 Å². The van der Waals surface area contributed by atoms with Crippen LogP contribution in [0.15, 0.2) is 42.5 Å². The zero-order valence-corrected chi connectivity index (χ0v) is 19.4. The molecule has 6 nitrogen and oxygen atoms in total. The molecule has 1 aliphatic carbocycles. The molecule has 1 saturated carbocycles. The molecule has 2 N–H and O–H groups in total. The first-order chi connectivity index (χ1) is 16.0. The second-order valence-electron chi connectivity index (χ2n) is 9.94. The molecule has 1 aliphatic heterocycles. The molecule has 2 aromatic carbocycles. The first kappa shape index (κ1) is 20.5. The van der Waals surface area contributed by atoms with Gasteiger partial charge in [0.05, 0.1) is 16.7 Å². The Kier molecular flexibility index (Phi) is 4.80. The zero-order chi connectivity index (χ0) is 22.7. The lowest BCUT2D eigenvalue weighted by Crippen LogP contribution is -2.43. The molecule has 6 heteroatoms. The van der Waals surface area contributed by atoms with Crippen LogP contribution in [0.5, 0.6) is 0 Å². The molecule has 0 saturated heterocycles. The van der Waals surface area contributed by atoms with Crippen molar-refractivity contribution < 1.29 is 4.79 Å². The first-order valence-electron chi connectivity index (χ1n) is 12.1. The molecule has 3 heterocycles. The minimum absolute atomic E-state index is 0.0294. The number of hydrogen-bond acceptors (Lipinski definition) is 3. The van der Waals surface area contributed by atoms with Gasteiger partial charge in [-0.05, 0) is 55.5 Å². The van der Waals surface area contributed by atoms with Crippen molar-refractivity contribution in [2.75, 3.05) is 13.1 Å². The van der Waals surface area contributed by atoms with Crippen LogP contribution in [0, 0.1) is 5.92 Å². The van der Waals surface area contributed by atoms with Gasteiger partial charge in [-0.1, -0.05) is 31.0 Å². The summed E-state index contributed by atoms with van der Waals surface area (Å²) in [5, 5.41) is 1.25. The van der Waals surface area contributed by atoms with Crippen LogP contribution < -0.4 is 5.73 Å². The van der Waals surface area contributed by atoms with Gasteiger partial charge in [0.2, 0.25) is 0 Å². The van der Waals surface area contributed by atoms with E-state index in [9.17, 15) is 4.79 Å². The number of amides is 1. The summed E-state index contributed by atoms with van der Waals surface area (Å²) in [6.45, 7) is 4.27. The van der Waals surface area contributed by atoms with Crippen LogP contribution in [-0.4, -0.2) is 44.1 Å². The summed E-state index contributed by atoms with van der Waals surface area (Å²) in [4.78, 5) is 20.0. The summed E-state index contributed by atoms with van der Waals surface area (Å²) in [5.74, 6) is 1.90. The Morgan fingerprint density at radius 1 is 1.15 bits per heavy atom. The van der Waals surface area contributed by atoms with Gasteiger partial charge in [-0.3, -0.25) is 4.79 Å². The fourth-order valence-corrected chi connectivity index (χ4v) is 5.32. The topological polar surface area (TPSA) is 69.1 Å². The molecule has 0 spiro atoms. The Morgan fingerprint density at radius 3 is 2.76 bits per heavy atom. The molecule has 0 unspecified atom stereocenters. The van der Waals surface area contributed by atoms with Crippen molar-refractivity contribution in [3.63, 3.8) is 0 Å². The zero-order valence-electron chi connectivity index (χ0n) is 19.4. The van der Waals surface area contributed by atoms with Crippen molar-refractivity contribution in [3.05, 3.63) is 53.6 Å². The number of aromatic nitrogens is 3. The molecule has 0 bridgehead atoms. The second kappa shape index (κ2) is 7.73. The third-order valence-corrected chi connectivity index (χ3v) is 7.28. The maximum absolute atomic E-state index is 13.1. The maximum Gasteiger partial charge on any atom is 0.254 e. The molecule has 1 fully saturated rings. The predicted octanol–water partition coefficient (Wildman–Crippen LogP) is 4.34. The Hall–Kier alpha value is -3.12. The number of nitrogens with zero attached hydrogens (tertiary/aromatic N) is 4. The average molecular weight is 442 g/mol. The molecule has 2 aromatic heterocycles. The molecule has 6 rings (SSSR count). The fourth-order valence-electron chi connectivity index (χ4n) is 5.32. The van der Waals surface area contributed by atoms with Crippen LogP contribution in [0.3, 0.4) is 0 Å². The summed E-state index contributed by atoms with van der Waals surface area (Å²) in [5.41, 5.74) is 12.2.